The molecule has 0 spiro atoms. The van der Waals surface area contributed by atoms with Gasteiger partial charge in [-0.3, -0.25) is 0 Å². The maximum Gasteiger partial charge on any atom is 0.0946 e. The normalized spacial score (nSPS) is 22.1. The molecule has 0 unspecified atom stereocenters. The summed E-state index contributed by atoms with van der Waals surface area (Å²) in [6, 6.07) is 0. The van der Waals surface area contributed by atoms with Crippen LogP contribution < -0.4 is 0 Å². The molecular formula is C8H12N2. The highest BCUT2D eigenvalue weighted by atomic mass is 15.1. The molecule has 1 rings (SSSR count). The van der Waals surface area contributed by atoms with Gasteiger partial charge < -0.3 is 0 Å². The van der Waals surface area contributed by atoms with Crippen molar-refractivity contribution in [2.75, 3.05) is 0 Å². The van der Waals surface area contributed by atoms with E-state index in [1.807, 2.05) is 39.0 Å². The third kappa shape index (κ3) is 1.79. The zero-order valence-corrected chi connectivity index (χ0v) is 6.63. The molecule has 0 aromatic heterocycles. The largest absolute Gasteiger partial charge is 0.179 e. The minimum atomic E-state index is -0.131. The van der Waals surface area contributed by atoms with E-state index in [4.69, 9.17) is 0 Å². The molecule has 0 aromatic carbocycles. The molecule has 0 amide bonds. The standard InChI is InChI=1S/C8H12N2/c1-7-5-4-6-8(2,3)10-9-7/h4-6H,1-3H3. The lowest BCUT2D eigenvalue weighted by atomic mass is 10.1. The molecule has 0 atom stereocenters. The molecule has 2 nitrogen and oxygen atoms in total. The molecule has 0 fully saturated rings. The van der Waals surface area contributed by atoms with Crippen LogP contribution in [0, 0.1) is 0 Å². The molecule has 0 saturated carbocycles. The van der Waals surface area contributed by atoms with Gasteiger partial charge in [-0.25, -0.2) is 0 Å². The Hall–Kier alpha value is -0.920. The number of azo groups is 1. The van der Waals surface area contributed by atoms with Crippen LogP contribution in [0.4, 0.5) is 0 Å². The van der Waals surface area contributed by atoms with Gasteiger partial charge in [0.15, 0.2) is 0 Å². The molecule has 1 aliphatic rings. The predicted octanol–water partition coefficient (Wildman–Crippen LogP) is 2.69. The smallest absolute Gasteiger partial charge is 0.0946 e. The van der Waals surface area contributed by atoms with Crippen LogP contribution >= 0.6 is 0 Å². The van der Waals surface area contributed by atoms with Gasteiger partial charge in [0.25, 0.3) is 0 Å². The molecule has 54 valence electrons. The fourth-order valence-electron chi connectivity index (χ4n) is 0.697. The van der Waals surface area contributed by atoms with Gasteiger partial charge in [-0.15, -0.1) is 0 Å². The molecule has 10 heavy (non-hydrogen) atoms. The van der Waals surface area contributed by atoms with Gasteiger partial charge in [-0.05, 0) is 26.8 Å². The van der Waals surface area contributed by atoms with Crippen molar-refractivity contribution in [2.24, 2.45) is 10.2 Å². The average molecular weight is 136 g/mol. The molecular weight excluding hydrogens is 124 g/mol. The van der Waals surface area contributed by atoms with E-state index in [1.165, 1.54) is 0 Å². The number of nitrogens with zero attached hydrogens (tertiary/aromatic N) is 2. The molecule has 1 aliphatic heterocycles. The Morgan fingerprint density at radius 2 is 2.10 bits per heavy atom. The van der Waals surface area contributed by atoms with Gasteiger partial charge >= 0.3 is 0 Å². The van der Waals surface area contributed by atoms with Crippen LogP contribution in [0.15, 0.2) is 34.2 Å². The number of hydrogen-bond acceptors (Lipinski definition) is 2. The Morgan fingerprint density at radius 3 is 2.80 bits per heavy atom. The molecule has 0 N–H and O–H groups in total. The molecule has 0 aliphatic carbocycles. The van der Waals surface area contributed by atoms with E-state index in [-0.39, 0.29) is 5.54 Å². The Balaban J connectivity index is 2.88. The highest BCUT2D eigenvalue weighted by Crippen LogP contribution is 2.16. The van der Waals surface area contributed by atoms with Crippen LogP contribution in [0.5, 0.6) is 0 Å². The second kappa shape index (κ2) is 2.37. The number of allylic oxidation sites excluding steroid dienone is 3. The summed E-state index contributed by atoms with van der Waals surface area (Å²) in [5.74, 6) is 0. The fourth-order valence-corrected chi connectivity index (χ4v) is 0.697. The third-order valence-corrected chi connectivity index (χ3v) is 1.31. The van der Waals surface area contributed by atoms with Crippen molar-refractivity contribution in [3.05, 3.63) is 23.9 Å². The first-order chi connectivity index (χ1) is 4.60. The van der Waals surface area contributed by atoms with Crippen LogP contribution in [0.25, 0.3) is 0 Å². The van der Waals surface area contributed by atoms with Gasteiger partial charge in [0.2, 0.25) is 0 Å². The first kappa shape index (κ1) is 7.19. The summed E-state index contributed by atoms with van der Waals surface area (Å²) in [5, 5.41) is 8.11. The highest BCUT2D eigenvalue weighted by Gasteiger charge is 2.11. The summed E-state index contributed by atoms with van der Waals surface area (Å²) in [7, 11) is 0. The maximum atomic E-state index is 4.11. The summed E-state index contributed by atoms with van der Waals surface area (Å²) in [4.78, 5) is 0. The van der Waals surface area contributed by atoms with Crippen molar-refractivity contribution in [1.29, 1.82) is 0 Å². The highest BCUT2D eigenvalue weighted by molar-refractivity contribution is 5.16. The second-order valence-corrected chi connectivity index (χ2v) is 3.02. The lowest BCUT2D eigenvalue weighted by Crippen LogP contribution is -2.10. The van der Waals surface area contributed by atoms with Crippen LogP contribution in [0.3, 0.4) is 0 Å². The van der Waals surface area contributed by atoms with E-state index in [9.17, 15) is 0 Å². The van der Waals surface area contributed by atoms with Crippen molar-refractivity contribution in [3.8, 4) is 0 Å². The fraction of sp³-hybridized carbons (Fsp3) is 0.500. The van der Waals surface area contributed by atoms with E-state index < -0.39 is 0 Å². The van der Waals surface area contributed by atoms with Crippen molar-refractivity contribution < 1.29 is 0 Å². The first-order valence-corrected chi connectivity index (χ1v) is 3.39. The van der Waals surface area contributed by atoms with E-state index in [0.717, 1.165) is 5.70 Å². The lowest BCUT2D eigenvalue weighted by molar-refractivity contribution is 0.617. The SMILES string of the molecule is CC1=CC=CC(C)(C)N=N1. The minimum Gasteiger partial charge on any atom is -0.179 e. The van der Waals surface area contributed by atoms with E-state index >= 15 is 0 Å². The number of rotatable bonds is 0. The van der Waals surface area contributed by atoms with Crippen LogP contribution in [-0.4, -0.2) is 5.54 Å². The maximum absolute atomic E-state index is 4.11. The van der Waals surface area contributed by atoms with Crippen LogP contribution in [0.2, 0.25) is 0 Å². The summed E-state index contributed by atoms with van der Waals surface area (Å²) < 4.78 is 0. The Bertz CT molecular complexity index is 209. The zero-order chi connectivity index (χ0) is 7.61. The molecule has 2 heteroatoms. The molecule has 0 bridgehead atoms. The summed E-state index contributed by atoms with van der Waals surface area (Å²) in [5.41, 5.74) is 0.829. The van der Waals surface area contributed by atoms with E-state index in [0.29, 0.717) is 0 Å². The van der Waals surface area contributed by atoms with E-state index in [2.05, 4.69) is 10.2 Å². The van der Waals surface area contributed by atoms with Gasteiger partial charge in [0, 0.05) is 0 Å². The zero-order valence-electron chi connectivity index (χ0n) is 6.63. The summed E-state index contributed by atoms with van der Waals surface area (Å²) in [6.07, 6.45) is 5.99. The Kier molecular flexibility index (Phi) is 1.70. The molecule has 0 radical (unpaired) electrons. The van der Waals surface area contributed by atoms with Crippen molar-refractivity contribution in [3.63, 3.8) is 0 Å². The topological polar surface area (TPSA) is 24.7 Å². The first-order valence-electron chi connectivity index (χ1n) is 3.39. The predicted molar refractivity (Wildman–Crippen MR) is 41.8 cm³/mol. The van der Waals surface area contributed by atoms with Gasteiger partial charge in [0.05, 0.1) is 11.2 Å². The van der Waals surface area contributed by atoms with E-state index in [1.54, 1.807) is 0 Å². The minimum absolute atomic E-state index is 0.131. The number of hydrogen-bond donors (Lipinski definition) is 0. The average Bonchev–Trinajstić information content (AvgIpc) is 1.94. The molecule has 0 saturated heterocycles. The van der Waals surface area contributed by atoms with Crippen molar-refractivity contribution in [2.45, 2.75) is 26.3 Å². The van der Waals surface area contributed by atoms with Gasteiger partial charge in [-0.1, -0.05) is 12.2 Å². The van der Waals surface area contributed by atoms with Crippen LogP contribution in [0.1, 0.15) is 20.8 Å². The quantitative estimate of drug-likeness (QED) is 0.489. The lowest BCUT2D eigenvalue weighted by Gasteiger charge is -2.09. The molecule has 1 heterocycles. The molecule has 0 aromatic rings. The van der Waals surface area contributed by atoms with Crippen molar-refractivity contribution in [1.82, 2.24) is 0 Å². The Morgan fingerprint density at radius 1 is 1.40 bits per heavy atom. The Labute approximate surface area is 61.4 Å². The van der Waals surface area contributed by atoms with Crippen LogP contribution in [-0.2, 0) is 0 Å². The monoisotopic (exact) mass is 136 g/mol. The van der Waals surface area contributed by atoms with Gasteiger partial charge in [-0.2, -0.15) is 10.2 Å². The summed E-state index contributed by atoms with van der Waals surface area (Å²) in [6.45, 7) is 5.99. The third-order valence-electron chi connectivity index (χ3n) is 1.31. The van der Waals surface area contributed by atoms with Crippen molar-refractivity contribution >= 4 is 0 Å². The summed E-state index contributed by atoms with van der Waals surface area (Å²) >= 11 is 0. The second-order valence-electron chi connectivity index (χ2n) is 3.02. The van der Waals surface area contributed by atoms with Gasteiger partial charge in [0.1, 0.15) is 0 Å².